The molecule has 0 saturated carbocycles. The molecule has 1 N–H and O–H groups in total. The maximum Gasteiger partial charge on any atom is 0.416 e. The number of carbonyl (C=O) groups is 1. The lowest BCUT2D eigenvalue weighted by molar-refractivity contribution is -0.138. The standard InChI is InChI=1S/C21H13F6NO2/c22-20(23,24)15-5-1-3-13(9-15)17-7-12(8-18(29)30)11-28-19(17)14-4-2-6-16(10-14)21(25,26)27/h1-7,9-11H,8H2,(H,29,30). The van der Waals surface area contributed by atoms with Crippen LogP contribution in [-0.2, 0) is 23.6 Å². The van der Waals surface area contributed by atoms with E-state index < -0.39 is 35.9 Å². The number of rotatable bonds is 4. The van der Waals surface area contributed by atoms with Gasteiger partial charge in [-0.3, -0.25) is 9.78 Å². The van der Waals surface area contributed by atoms with Gasteiger partial charge in [0.25, 0.3) is 0 Å². The van der Waals surface area contributed by atoms with Crippen molar-refractivity contribution >= 4 is 5.97 Å². The van der Waals surface area contributed by atoms with Crippen molar-refractivity contribution in [2.75, 3.05) is 0 Å². The van der Waals surface area contributed by atoms with E-state index in [0.29, 0.717) is 0 Å². The monoisotopic (exact) mass is 425 g/mol. The first-order valence-corrected chi connectivity index (χ1v) is 8.51. The number of pyridine rings is 1. The number of halogens is 6. The van der Waals surface area contributed by atoms with Crippen LogP contribution in [0.4, 0.5) is 26.3 Å². The number of benzene rings is 2. The molecule has 0 bridgehead atoms. The summed E-state index contributed by atoms with van der Waals surface area (Å²) < 4.78 is 78.6. The Morgan fingerprint density at radius 2 is 1.37 bits per heavy atom. The molecule has 0 spiro atoms. The van der Waals surface area contributed by atoms with Crippen molar-refractivity contribution < 1.29 is 36.2 Å². The number of carboxylic acids is 1. The number of carboxylic acid groups (broad SMARTS) is 1. The lowest BCUT2D eigenvalue weighted by Gasteiger charge is -2.14. The Bertz CT molecular complexity index is 1090. The Morgan fingerprint density at radius 1 is 0.833 bits per heavy atom. The first-order valence-electron chi connectivity index (χ1n) is 8.51. The van der Waals surface area contributed by atoms with Gasteiger partial charge in [-0.15, -0.1) is 0 Å². The van der Waals surface area contributed by atoms with Crippen molar-refractivity contribution in [3.05, 3.63) is 77.5 Å². The highest BCUT2D eigenvalue weighted by Gasteiger charge is 2.32. The fraction of sp³-hybridized carbons (Fsp3) is 0.143. The van der Waals surface area contributed by atoms with Gasteiger partial charge in [0.05, 0.1) is 23.2 Å². The van der Waals surface area contributed by atoms with E-state index in [0.717, 1.165) is 30.3 Å². The number of hydrogen-bond acceptors (Lipinski definition) is 2. The van der Waals surface area contributed by atoms with E-state index in [4.69, 9.17) is 5.11 Å². The molecule has 2 aromatic carbocycles. The smallest absolute Gasteiger partial charge is 0.416 e. The summed E-state index contributed by atoms with van der Waals surface area (Å²) >= 11 is 0. The Kier molecular flexibility index (Phi) is 5.56. The molecule has 156 valence electrons. The summed E-state index contributed by atoms with van der Waals surface area (Å²) in [5.74, 6) is -1.18. The highest BCUT2D eigenvalue weighted by atomic mass is 19.4. The predicted molar refractivity (Wildman–Crippen MR) is 96.5 cm³/mol. The molecule has 0 atom stereocenters. The second-order valence-corrected chi connectivity index (χ2v) is 6.47. The molecule has 9 heteroatoms. The molecule has 3 rings (SSSR count). The van der Waals surface area contributed by atoms with Gasteiger partial charge < -0.3 is 5.11 Å². The van der Waals surface area contributed by atoms with Crippen LogP contribution >= 0.6 is 0 Å². The molecule has 1 aromatic heterocycles. The molecule has 0 aliphatic carbocycles. The third-order valence-electron chi connectivity index (χ3n) is 4.26. The molecular weight excluding hydrogens is 412 g/mol. The van der Waals surface area contributed by atoms with Gasteiger partial charge >= 0.3 is 18.3 Å². The minimum Gasteiger partial charge on any atom is -0.481 e. The quantitative estimate of drug-likeness (QED) is 0.516. The van der Waals surface area contributed by atoms with Gasteiger partial charge in [-0.25, -0.2) is 0 Å². The van der Waals surface area contributed by atoms with E-state index in [-0.39, 0.29) is 27.9 Å². The van der Waals surface area contributed by atoms with Crippen molar-refractivity contribution in [1.82, 2.24) is 4.98 Å². The third-order valence-corrected chi connectivity index (χ3v) is 4.26. The first-order chi connectivity index (χ1) is 13.9. The van der Waals surface area contributed by atoms with Crippen molar-refractivity contribution in [2.45, 2.75) is 18.8 Å². The lowest BCUT2D eigenvalue weighted by atomic mass is 9.95. The third kappa shape index (κ3) is 4.79. The summed E-state index contributed by atoms with van der Waals surface area (Å²) in [5.41, 5.74) is -1.49. The molecule has 30 heavy (non-hydrogen) atoms. The maximum absolute atomic E-state index is 13.1. The fourth-order valence-electron chi connectivity index (χ4n) is 2.94. The van der Waals surface area contributed by atoms with Gasteiger partial charge in [-0.05, 0) is 41.5 Å². The average molecular weight is 425 g/mol. The molecule has 0 aliphatic rings. The van der Waals surface area contributed by atoms with Crippen LogP contribution in [-0.4, -0.2) is 16.1 Å². The number of alkyl halides is 6. The highest BCUT2D eigenvalue weighted by molar-refractivity contribution is 5.82. The van der Waals surface area contributed by atoms with Crippen molar-refractivity contribution in [3.63, 3.8) is 0 Å². The van der Waals surface area contributed by atoms with Gasteiger partial charge in [0.15, 0.2) is 0 Å². The topological polar surface area (TPSA) is 50.2 Å². The van der Waals surface area contributed by atoms with Crippen LogP contribution in [0.3, 0.4) is 0 Å². The number of nitrogens with zero attached hydrogens (tertiary/aromatic N) is 1. The highest BCUT2D eigenvalue weighted by Crippen LogP contribution is 2.37. The van der Waals surface area contributed by atoms with E-state index in [2.05, 4.69) is 4.98 Å². The zero-order valence-corrected chi connectivity index (χ0v) is 15.1. The average Bonchev–Trinajstić information content (AvgIpc) is 2.66. The molecule has 0 radical (unpaired) electrons. The first kappa shape index (κ1) is 21.4. The van der Waals surface area contributed by atoms with Gasteiger partial charge in [-0.2, -0.15) is 26.3 Å². The van der Waals surface area contributed by atoms with Crippen molar-refractivity contribution in [1.29, 1.82) is 0 Å². The summed E-state index contributed by atoms with van der Waals surface area (Å²) in [4.78, 5) is 15.1. The van der Waals surface area contributed by atoms with Crippen LogP contribution in [0.1, 0.15) is 16.7 Å². The number of hydrogen-bond donors (Lipinski definition) is 1. The number of aromatic nitrogens is 1. The van der Waals surface area contributed by atoms with Crippen LogP contribution in [0, 0.1) is 0 Å². The van der Waals surface area contributed by atoms with Gasteiger partial charge in [-0.1, -0.05) is 24.3 Å². The van der Waals surface area contributed by atoms with E-state index in [9.17, 15) is 31.1 Å². The summed E-state index contributed by atoms with van der Waals surface area (Å²) in [5, 5.41) is 8.99. The van der Waals surface area contributed by atoms with E-state index in [1.807, 2.05) is 0 Å². The summed E-state index contributed by atoms with van der Waals surface area (Å²) in [6.45, 7) is 0. The lowest BCUT2D eigenvalue weighted by Crippen LogP contribution is -2.06. The summed E-state index contributed by atoms with van der Waals surface area (Å²) in [7, 11) is 0. The zero-order valence-electron chi connectivity index (χ0n) is 15.1. The molecule has 0 saturated heterocycles. The van der Waals surface area contributed by atoms with Crippen molar-refractivity contribution in [3.8, 4) is 22.4 Å². The van der Waals surface area contributed by atoms with Gasteiger partial charge in [0, 0.05) is 17.3 Å². The minimum absolute atomic E-state index is 0.00885. The molecule has 0 unspecified atom stereocenters. The van der Waals surface area contributed by atoms with Crippen LogP contribution in [0.25, 0.3) is 22.4 Å². The van der Waals surface area contributed by atoms with Crippen molar-refractivity contribution in [2.24, 2.45) is 0 Å². The van der Waals surface area contributed by atoms with Gasteiger partial charge in [0.1, 0.15) is 0 Å². The molecule has 3 nitrogen and oxygen atoms in total. The normalized spacial score (nSPS) is 12.1. The largest absolute Gasteiger partial charge is 0.481 e. The molecule has 0 amide bonds. The van der Waals surface area contributed by atoms with Crippen LogP contribution in [0.15, 0.2) is 60.8 Å². The molecule has 3 aromatic rings. The minimum atomic E-state index is -4.63. The van der Waals surface area contributed by atoms with E-state index >= 15 is 0 Å². The fourth-order valence-corrected chi connectivity index (χ4v) is 2.94. The van der Waals surface area contributed by atoms with E-state index in [1.165, 1.54) is 30.5 Å². The molecule has 1 heterocycles. The molecule has 0 fully saturated rings. The summed E-state index contributed by atoms with van der Waals surface area (Å²) in [6.07, 6.45) is -8.50. The van der Waals surface area contributed by atoms with Crippen LogP contribution in [0.5, 0.6) is 0 Å². The second kappa shape index (κ2) is 7.81. The SMILES string of the molecule is O=C(O)Cc1cnc(-c2cccc(C(F)(F)F)c2)c(-c2cccc(C(F)(F)F)c2)c1. The Morgan fingerprint density at radius 3 is 1.90 bits per heavy atom. The van der Waals surface area contributed by atoms with Crippen LogP contribution < -0.4 is 0 Å². The molecular formula is C21H13F6NO2. The van der Waals surface area contributed by atoms with Crippen LogP contribution in [0.2, 0.25) is 0 Å². The Labute approximate surface area is 166 Å². The molecule has 0 aliphatic heterocycles. The maximum atomic E-state index is 13.1. The number of aliphatic carboxylic acids is 1. The van der Waals surface area contributed by atoms with Gasteiger partial charge in [0.2, 0.25) is 0 Å². The predicted octanol–water partition coefficient (Wildman–Crippen LogP) is 6.08. The second-order valence-electron chi connectivity index (χ2n) is 6.47. The zero-order chi connectivity index (χ0) is 22.1. The Balaban J connectivity index is 2.22. The van der Waals surface area contributed by atoms with E-state index in [1.54, 1.807) is 0 Å². The summed E-state index contributed by atoms with van der Waals surface area (Å²) in [6, 6.07) is 9.79. The Hall–Kier alpha value is -3.36.